The van der Waals surface area contributed by atoms with E-state index in [1.54, 1.807) is 6.26 Å². The highest BCUT2D eigenvalue weighted by Crippen LogP contribution is 2.33. The van der Waals surface area contributed by atoms with Gasteiger partial charge in [0.05, 0.1) is 6.21 Å². The molecule has 0 fully saturated rings. The third kappa shape index (κ3) is 4.20. The molecule has 1 unspecified atom stereocenters. The van der Waals surface area contributed by atoms with E-state index in [4.69, 9.17) is 4.84 Å². The summed E-state index contributed by atoms with van der Waals surface area (Å²) in [5.41, 5.74) is 4.84. The van der Waals surface area contributed by atoms with Crippen molar-refractivity contribution in [3.63, 3.8) is 0 Å². The molecule has 2 aromatic carbocycles. The van der Waals surface area contributed by atoms with Crippen molar-refractivity contribution in [2.45, 2.75) is 30.8 Å². The lowest BCUT2D eigenvalue weighted by Gasteiger charge is -2.05. The van der Waals surface area contributed by atoms with Crippen molar-refractivity contribution in [3.8, 4) is 0 Å². The van der Waals surface area contributed by atoms with Gasteiger partial charge in [-0.05, 0) is 53.7 Å². The fourth-order valence-corrected chi connectivity index (χ4v) is 3.39. The molecule has 0 radical (unpaired) electrons. The van der Waals surface area contributed by atoms with Crippen molar-refractivity contribution in [2.75, 3.05) is 6.26 Å². The number of nitrogens with zero attached hydrogens (tertiary/aromatic N) is 1. The Labute approximate surface area is 145 Å². The van der Waals surface area contributed by atoms with Crippen molar-refractivity contribution in [3.05, 3.63) is 71.3 Å². The molecule has 0 aromatic heterocycles. The zero-order valence-corrected chi connectivity index (χ0v) is 14.6. The second-order valence-corrected chi connectivity index (χ2v) is 7.21. The van der Waals surface area contributed by atoms with Gasteiger partial charge >= 0.3 is 0 Å². The van der Waals surface area contributed by atoms with Gasteiger partial charge in [-0.15, -0.1) is 0 Å². The summed E-state index contributed by atoms with van der Waals surface area (Å²) in [5.74, 6) is 0. The molecule has 0 spiro atoms. The molecule has 24 heavy (non-hydrogen) atoms. The molecule has 0 saturated carbocycles. The van der Waals surface area contributed by atoms with E-state index in [-0.39, 0.29) is 0 Å². The normalized spacial score (nSPS) is 15.9. The Morgan fingerprint density at radius 2 is 1.83 bits per heavy atom. The van der Waals surface area contributed by atoms with E-state index in [1.165, 1.54) is 16.7 Å². The van der Waals surface area contributed by atoms with E-state index in [9.17, 15) is 4.21 Å². The van der Waals surface area contributed by atoms with Crippen LogP contribution < -0.4 is 0 Å². The van der Waals surface area contributed by atoms with Crippen LogP contribution in [0.3, 0.4) is 0 Å². The maximum atomic E-state index is 11.5. The number of benzene rings is 2. The Morgan fingerprint density at radius 1 is 1.08 bits per heavy atom. The van der Waals surface area contributed by atoms with Gasteiger partial charge in [-0.2, -0.15) is 0 Å². The predicted octanol–water partition coefficient (Wildman–Crippen LogP) is 4.56. The van der Waals surface area contributed by atoms with Crippen LogP contribution in [0, 0.1) is 0 Å². The van der Waals surface area contributed by atoms with Gasteiger partial charge in [0.25, 0.3) is 0 Å². The minimum absolute atomic E-state index is 0.483. The van der Waals surface area contributed by atoms with Crippen LogP contribution in [0.25, 0.3) is 5.57 Å². The summed E-state index contributed by atoms with van der Waals surface area (Å²) < 4.78 is 11.5. The van der Waals surface area contributed by atoms with E-state index in [0.29, 0.717) is 6.61 Å². The summed E-state index contributed by atoms with van der Waals surface area (Å²) in [6.45, 7) is 0.483. The van der Waals surface area contributed by atoms with Gasteiger partial charge in [0, 0.05) is 22.0 Å². The molecule has 1 aliphatic rings. The Hall–Kier alpha value is -2.20. The number of oxime groups is 1. The van der Waals surface area contributed by atoms with E-state index < -0.39 is 10.8 Å². The lowest BCUT2D eigenvalue weighted by Crippen LogP contribution is -1.91. The van der Waals surface area contributed by atoms with Crippen LogP contribution in [0.5, 0.6) is 0 Å². The van der Waals surface area contributed by atoms with Crippen molar-refractivity contribution in [1.82, 2.24) is 0 Å². The second kappa shape index (κ2) is 8.06. The molecular formula is C20H21NO2S. The smallest absolute Gasteiger partial charge is 0.142 e. The largest absolute Gasteiger partial charge is 0.391 e. The predicted molar refractivity (Wildman–Crippen MR) is 99.3 cm³/mol. The van der Waals surface area contributed by atoms with E-state index in [0.717, 1.165) is 29.7 Å². The van der Waals surface area contributed by atoms with Crippen molar-refractivity contribution in [2.24, 2.45) is 5.16 Å². The fourth-order valence-electron chi connectivity index (χ4n) is 2.87. The van der Waals surface area contributed by atoms with E-state index in [2.05, 4.69) is 17.3 Å². The summed E-state index contributed by atoms with van der Waals surface area (Å²) in [7, 11) is -0.934. The zero-order chi connectivity index (χ0) is 16.8. The molecular weight excluding hydrogens is 318 g/mol. The van der Waals surface area contributed by atoms with Gasteiger partial charge in [0.15, 0.2) is 0 Å². The van der Waals surface area contributed by atoms with Gasteiger partial charge in [-0.1, -0.05) is 47.6 Å². The average molecular weight is 339 g/mol. The van der Waals surface area contributed by atoms with Crippen molar-refractivity contribution < 1.29 is 9.05 Å². The molecule has 4 heteroatoms. The van der Waals surface area contributed by atoms with Crippen LogP contribution >= 0.6 is 0 Å². The Kier molecular flexibility index (Phi) is 5.59. The average Bonchev–Trinajstić information content (AvgIpc) is 3.08. The minimum atomic E-state index is -0.934. The zero-order valence-electron chi connectivity index (χ0n) is 13.8. The molecule has 3 rings (SSSR count). The monoisotopic (exact) mass is 339 g/mol. The lowest BCUT2D eigenvalue weighted by atomic mass is 10.0. The second-order valence-electron chi connectivity index (χ2n) is 5.83. The molecule has 0 bridgehead atoms. The third-order valence-corrected chi connectivity index (χ3v) is 5.09. The Morgan fingerprint density at radius 3 is 2.54 bits per heavy atom. The van der Waals surface area contributed by atoms with E-state index in [1.807, 2.05) is 48.7 Å². The summed E-state index contributed by atoms with van der Waals surface area (Å²) >= 11 is 0. The highest BCUT2D eigenvalue weighted by Gasteiger charge is 2.15. The summed E-state index contributed by atoms with van der Waals surface area (Å²) in [5, 5.41) is 4.14. The number of rotatable bonds is 6. The Bertz CT molecular complexity index is 764. The highest BCUT2D eigenvalue weighted by atomic mass is 32.2. The van der Waals surface area contributed by atoms with Crippen LogP contribution in [0.2, 0.25) is 0 Å². The molecule has 124 valence electrons. The first-order valence-electron chi connectivity index (χ1n) is 8.09. The first-order valence-corrected chi connectivity index (χ1v) is 9.65. The van der Waals surface area contributed by atoms with E-state index >= 15 is 0 Å². The summed E-state index contributed by atoms with van der Waals surface area (Å²) in [6, 6.07) is 18.0. The number of hydrogen-bond acceptors (Lipinski definition) is 3. The molecule has 0 N–H and O–H groups in total. The van der Waals surface area contributed by atoms with Gasteiger partial charge in [0.1, 0.15) is 6.61 Å². The van der Waals surface area contributed by atoms with Crippen LogP contribution in [-0.2, 0) is 22.2 Å². The summed E-state index contributed by atoms with van der Waals surface area (Å²) in [6.07, 6.45) is 6.75. The summed E-state index contributed by atoms with van der Waals surface area (Å²) in [4.78, 5) is 6.27. The first kappa shape index (κ1) is 16.7. The van der Waals surface area contributed by atoms with Gasteiger partial charge in [0.2, 0.25) is 0 Å². The molecule has 0 amide bonds. The topological polar surface area (TPSA) is 38.7 Å². The number of allylic oxidation sites excluding steroid dienone is 2. The van der Waals surface area contributed by atoms with Crippen LogP contribution in [-0.4, -0.2) is 16.7 Å². The SMILES string of the molecule is CS(=O)c1ccc(C2=C(/C=N/OCc3ccccc3)CCC2)cc1. The maximum Gasteiger partial charge on any atom is 0.142 e. The molecule has 1 aliphatic carbocycles. The van der Waals surface area contributed by atoms with Crippen LogP contribution in [0.1, 0.15) is 30.4 Å². The lowest BCUT2D eigenvalue weighted by molar-refractivity contribution is 0.132. The van der Waals surface area contributed by atoms with Crippen LogP contribution in [0.4, 0.5) is 0 Å². The highest BCUT2D eigenvalue weighted by molar-refractivity contribution is 7.84. The van der Waals surface area contributed by atoms with Gasteiger partial charge < -0.3 is 4.84 Å². The fraction of sp³-hybridized carbons (Fsp3) is 0.250. The molecule has 1 atom stereocenters. The molecule has 2 aromatic rings. The first-order chi connectivity index (χ1) is 11.7. The van der Waals surface area contributed by atoms with Crippen molar-refractivity contribution in [1.29, 1.82) is 0 Å². The molecule has 0 saturated heterocycles. The Balaban J connectivity index is 1.67. The number of hydrogen-bond donors (Lipinski definition) is 0. The van der Waals surface area contributed by atoms with Gasteiger partial charge in [-0.25, -0.2) is 0 Å². The maximum absolute atomic E-state index is 11.5. The van der Waals surface area contributed by atoms with Crippen molar-refractivity contribution >= 4 is 22.6 Å². The molecule has 0 aliphatic heterocycles. The molecule has 0 heterocycles. The quantitative estimate of drug-likeness (QED) is 0.571. The van der Waals surface area contributed by atoms with Crippen LogP contribution in [0.15, 0.2) is 70.2 Å². The molecule has 3 nitrogen and oxygen atoms in total. The third-order valence-electron chi connectivity index (χ3n) is 4.15. The minimum Gasteiger partial charge on any atom is -0.391 e. The van der Waals surface area contributed by atoms with Gasteiger partial charge in [-0.3, -0.25) is 4.21 Å². The standard InChI is InChI=1S/C20H21NO2S/c1-24(22)19-12-10-17(11-13-19)20-9-5-8-18(20)14-21-23-15-16-6-3-2-4-7-16/h2-4,6-7,10-14H,5,8-9,15H2,1H3/b21-14+.